The fraction of sp³-hybridized carbons (Fsp3) is 0.723. The zero-order valence-corrected chi connectivity index (χ0v) is 48.4. The monoisotopic (exact) mass is 1080 g/mol. The first-order valence-electron chi connectivity index (χ1n) is 30.6. The molecule has 1 aliphatic heterocycles. The average molecular weight is 1080 g/mol. The number of ether oxygens (including phenoxy) is 5. The number of hydrogen-bond acceptors (Lipinski definition) is 11. The van der Waals surface area contributed by atoms with Crippen LogP contribution in [0.5, 0.6) is 0 Å². The number of aliphatic hydroxyl groups excluding tert-OH is 2. The van der Waals surface area contributed by atoms with Crippen molar-refractivity contribution in [3.05, 3.63) is 85.1 Å². The molecule has 1 fully saturated rings. The number of allylic oxidation sites excluding steroid dienone is 14. The molecule has 1 heterocycles. The highest BCUT2D eigenvalue weighted by Crippen LogP contribution is 2.26. The van der Waals surface area contributed by atoms with Gasteiger partial charge in [-0.1, -0.05) is 234 Å². The third-order valence-corrected chi connectivity index (χ3v) is 13.5. The van der Waals surface area contributed by atoms with Crippen molar-refractivity contribution in [2.75, 3.05) is 13.2 Å². The molecule has 77 heavy (non-hydrogen) atoms. The van der Waals surface area contributed by atoms with Gasteiger partial charge in [0.1, 0.15) is 18.8 Å². The van der Waals surface area contributed by atoms with Gasteiger partial charge in [0.2, 0.25) is 0 Å². The van der Waals surface area contributed by atoms with Crippen LogP contribution in [0.2, 0.25) is 0 Å². The van der Waals surface area contributed by atoms with Gasteiger partial charge < -0.3 is 39.0 Å². The van der Waals surface area contributed by atoms with Crippen LogP contribution in [0.3, 0.4) is 0 Å². The number of rotatable bonds is 51. The Morgan fingerprint density at radius 1 is 0.442 bits per heavy atom. The van der Waals surface area contributed by atoms with Crippen molar-refractivity contribution in [2.45, 2.75) is 289 Å². The molecule has 0 amide bonds. The smallest absolute Gasteiger partial charge is 0.335 e. The van der Waals surface area contributed by atoms with Crippen molar-refractivity contribution in [1.29, 1.82) is 0 Å². The molecular formula is C65H108O12. The molecule has 0 aliphatic carbocycles. The highest BCUT2D eigenvalue weighted by atomic mass is 16.7. The van der Waals surface area contributed by atoms with Crippen LogP contribution in [0.15, 0.2) is 85.1 Å². The number of carboxylic acids is 1. The molecule has 0 spiro atoms. The minimum Gasteiger partial charge on any atom is -0.479 e. The lowest BCUT2D eigenvalue weighted by Crippen LogP contribution is -2.61. The van der Waals surface area contributed by atoms with Crippen molar-refractivity contribution in [1.82, 2.24) is 0 Å². The second-order valence-corrected chi connectivity index (χ2v) is 20.6. The van der Waals surface area contributed by atoms with E-state index in [0.29, 0.717) is 19.3 Å². The minimum atomic E-state index is -1.91. The van der Waals surface area contributed by atoms with Crippen LogP contribution in [-0.2, 0) is 42.9 Å². The second kappa shape index (κ2) is 52.6. The Balaban J connectivity index is 2.72. The third-order valence-electron chi connectivity index (χ3n) is 13.5. The summed E-state index contributed by atoms with van der Waals surface area (Å²) in [5.74, 6) is -3.24. The maximum Gasteiger partial charge on any atom is 0.335 e. The summed E-state index contributed by atoms with van der Waals surface area (Å²) in [6.07, 6.45) is 55.6. The van der Waals surface area contributed by atoms with Crippen LogP contribution in [-0.4, -0.2) is 89.2 Å². The quantitative estimate of drug-likeness (QED) is 0.0228. The zero-order valence-electron chi connectivity index (χ0n) is 48.4. The van der Waals surface area contributed by atoms with Gasteiger partial charge in [-0.2, -0.15) is 0 Å². The summed E-state index contributed by atoms with van der Waals surface area (Å²) in [6, 6.07) is 0. The lowest BCUT2D eigenvalue weighted by Gasteiger charge is -2.40. The van der Waals surface area contributed by atoms with Gasteiger partial charge in [-0.15, -0.1) is 0 Å². The van der Waals surface area contributed by atoms with Crippen molar-refractivity contribution >= 4 is 23.9 Å². The molecule has 0 bridgehead atoms. The number of aliphatic carboxylic acids is 1. The van der Waals surface area contributed by atoms with Crippen LogP contribution >= 0.6 is 0 Å². The summed E-state index contributed by atoms with van der Waals surface area (Å²) < 4.78 is 28.4. The fourth-order valence-electron chi connectivity index (χ4n) is 8.80. The van der Waals surface area contributed by atoms with E-state index in [1.54, 1.807) is 0 Å². The lowest BCUT2D eigenvalue weighted by atomic mass is 9.98. The van der Waals surface area contributed by atoms with E-state index < -0.39 is 67.3 Å². The van der Waals surface area contributed by atoms with Crippen molar-refractivity contribution in [3.8, 4) is 0 Å². The fourth-order valence-corrected chi connectivity index (χ4v) is 8.80. The van der Waals surface area contributed by atoms with Crippen LogP contribution in [0, 0.1) is 0 Å². The number of esters is 3. The van der Waals surface area contributed by atoms with E-state index in [0.717, 1.165) is 103 Å². The van der Waals surface area contributed by atoms with Gasteiger partial charge in [-0.3, -0.25) is 14.4 Å². The Hall–Kier alpha value is -4.10. The Labute approximate surface area is 467 Å². The summed E-state index contributed by atoms with van der Waals surface area (Å²) in [6.45, 7) is 5.80. The first-order chi connectivity index (χ1) is 37.6. The molecular weight excluding hydrogens is 973 g/mol. The van der Waals surface area contributed by atoms with Gasteiger partial charge in [-0.05, 0) is 83.5 Å². The summed E-state index contributed by atoms with van der Waals surface area (Å²) in [5.41, 5.74) is 0. The molecule has 440 valence electrons. The molecule has 0 radical (unpaired) electrons. The molecule has 1 rings (SSSR count). The predicted molar refractivity (Wildman–Crippen MR) is 312 cm³/mol. The second-order valence-electron chi connectivity index (χ2n) is 20.6. The van der Waals surface area contributed by atoms with E-state index in [1.807, 2.05) is 12.2 Å². The van der Waals surface area contributed by atoms with Gasteiger partial charge in [-0.25, -0.2) is 4.79 Å². The standard InChI is InChI=1S/C65H108O12/c1-4-7-10-13-16-19-22-25-27-28-29-30-32-34-36-39-42-45-48-51-57(66)73-54-56(75-58(67)52-49-46-43-40-37-33-24-21-18-15-12-9-6-3)55-74-65-63(61(70)60(69)62(77-65)64(71)72)76-59(68)53-50-47-44-41-38-35-31-26-23-20-17-14-11-8-5-2/h7,10,16,19,21,24-25,27,29-30,34,36,42,45,56,60-63,65,69-70H,4-6,8-9,11-15,17-18,20,22-23,26,28,31-33,35,37-41,43-44,46-55H2,1-3H3,(H,71,72)/b10-7-,19-16-,24-21-,27-25-,30-29-,36-34-,45-42-. The third kappa shape index (κ3) is 42.5. The molecule has 12 heteroatoms. The molecule has 3 N–H and O–H groups in total. The van der Waals surface area contributed by atoms with E-state index in [-0.39, 0.29) is 25.9 Å². The molecule has 6 atom stereocenters. The van der Waals surface area contributed by atoms with Crippen molar-refractivity contribution in [2.24, 2.45) is 0 Å². The van der Waals surface area contributed by atoms with Gasteiger partial charge in [0, 0.05) is 19.3 Å². The van der Waals surface area contributed by atoms with Gasteiger partial charge in [0.05, 0.1) is 6.61 Å². The minimum absolute atomic E-state index is 0.0532. The number of hydrogen-bond donors (Lipinski definition) is 3. The lowest BCUT2D eigenvalue weighted by molar-refractivity contribution is -0.301. The Morgan fingerprint density at radius 3 is 1.31 bits per heavy atom. The van der Waals surface area contributed by atoms with E-state index in [1.165, 1.54) is 89.9 Å². The summed E-state index contributed by atoms with van der Waals surface area (Å²) in [4.78, 5) is 51.1. The normalized spacial score (nSPS) is 18.6. The van der Waals surface area contributed by atoms with E-state index in [4.69, 9.17) is 23.7 Å². The molecule has 12 nitrogen and oxygen atoms in total. The van der Waals surface area contributed by atoms with Crippen molar-refractivity contribution in [3.63, 3.8) is 0 Å². The SMILES string of the molecule is CC/C=C\C/C=C\C/C=C\C/C=C\C/C=C\C/C=C\CCC(=O)OCC(COC1OC(C(=O)O)C(O)C(O)C1OC(=O)CCCCCCCCCCCCCCCCC)OC(=O)CCCCCCC/C=C\CCCCCC. The molecule has 6 unspecified atom stereocenters. The maximum atomic E-state index is 13.1. The van der Waals surface area contributed by atoms with E-state index in [2.05, 4.69) is 93.7 Å². The average Bonchev–Trinajstić information content (AvgIpc) is 3.42. The van der Waals surface area contributed by atoms with Crippen LogP contribution in [0.4, 0.5) is 0 Å². The first-order valence-corrected chi connectivity index (χ1v) is 30.6. The van der Waals surface area contributed by atoms with Crippen molar-refractivity contribution < 1.29 is 58.2 Å². The number of aliphatic hydroxyl groups is 2. The topological polar surface area (TPSA) is 175 Å². The molecule has 0 aromatic carbocycles. The molecule has 0 aromatic heterocycles. The van der Waals surface area contributed by atoms with Gasteiger partial charge in [0.15, 0.2) is 24.6 Å². The van der Waals surface area contributed by atoms with E-state index in [9.17, 15) is 34.5 Å². The number of unbranched alkanes of at least 4 members (excludes halogenated alkanes) is 23. The predicted octanol–water partition coefficient (Wildman–Crippen LogP) is 15.9. The summed E-state index contributed by atoms with van der Waals surface area (Å²) >= 11 is 0. The van der Waals surface area contributed by atoms with Crippen LogP contribution in [0.25, 0.3) is 0 Å². The Bertz CT molecular complexity index is 1660. The summed E-state index contributed by atoms with van der Waals surface area (Å²) in [7, 11) is 0. The highest BCUT2D eigenvalue weighted by Gasteiger charge is 2.50. The van der Waals surface area contributed by atoms with E-state index >= 15 is 0 Å². The maximum absolute atomic E-state index is 13.1. The van der Waals surface area contributed by atoms with Gasteiger partial charge >= 0.3 is 23.9 Å². The van der Waals surface area contributed by atoms with Gasteiger partial charge in [0.25, 0.3) is 0 Å². The molecule has 1 aliphatic rings. The zero-order chi connectivity index (χ0) is 56.1. The highest BCUT2D eigenvalue weighted by molar-refractivity contribution is 5.74. The molecule has 1 saturated heterocycles. The number of carbonyl (C=O) groups is 4. The number of carboxylic acid groups (broad SMARTS) is 1. The Morgan fingerprint density at radius 2 is 0.844 bits per heavy atom. The molecule has 0 aromatic rings. The Kier molecular flexibility index (Phi) is 48.4. The first kappa shape index (κ1) is 70.9. The largest absolute Gasteiger partial charge is 0.479 e. The van der Waals surface area contributed by atoms with Crippen LogP contribution < -0.4 is 0 Å². The van der Waals surface area contributed by atoms with Crippen LogP contribution in [0.1, 0.15) is 252 Å². The molecule has 0 saturated carbocycles. The number of carbonyl (C=O) groups excluding carboxylic acids is 3. The summed E-state index contributed by atoms with van der Waals surface area (Å²) in [5, 5.41) is 31.5.